The van der Waals surface area contributed by atoms with Crippen molar-refractivity contribution in [3.8, 4) is 0 Å². The van der Waals surface area contributed by atoms with Crippen LogP contribution in [0, 0.1) is 5.41 Å². The van der Waals surface area contributed by atoms with E-state index in [1.54, 1.807) is 4.90 Å². The summed E-state index contributed by atoms with van der Waals surface area (Å²) in [6.45, 7) is 4.82. The molecule has 1 aromatic carbocycles. The minimum Gasteiger partial charge on any atom is -0.355 e. The number of amides is 2. The molecule has 4 nitrogen and oxygen atoms in total. The molecule has 1 N–H and O–H groups in total. The van der Waals surface area contributed by atoms with Gasteiger partial charge in [-0.25, -0.2) is 0 Å². The SMILES string of the molecule is CCN(C(=O)C1(C)CNC(=O)C1)c1ccccc1. The Morgan fingerprint density at radius 1 is 1.39 bits per heavy atom. The normalized spacial score (nSPS) is 22.7. The van der Waals surface area contributed by atoms with Gasteiger partial charge in [0, 0.05) is 25.2 Å². The fourth-order valence-corrected chi connectivity index (χ4v) is 2.30. The van der Waals surface area contributed by atoms with E-state index in [0.29, 0.717) is 13.1 Å². The van der Waals surface area contributed by atoms with Crippen LogP contribution in [0.4, 0.5) is 5.69 Å². The van der Waals surface area contributed by atoms with Crippen LogP contribution >= 0.6 is 0 Å². The van der Waals surface area contributed by atoms with Crippen molar-refractivity contribution in [2.45, 2.75) is 20.3 Å². The van der Waals surface area contributed by atoms with E-state index in [1.807, 2.05) is 44.2 Å². The molecule has 0 aromatic heterocycles. The third-order valence-corrected chi connectivity index (χ3v) is 3.37. The molecular weight excluding hydrogens is 228 g/mol. The molecule has 4 heteroatoms. The summed E-state index contributed by atoms with van der Waals surface area (Å²) in [6, 6.07) is 9.56. The number of anilines is 1. The van der Waals surface area contributed by atoms with Crippen molar-refractivity contribution >= 4 is 17.5 Å². The Bertz CT molecular complexity index is 458. The van der Waals surface area contributed by atoms with Gasteiger partial charge in [-0.1, -0.05) is 18.2 Å². The van der Waals surface area contributed by atoms with E-state index in [9.17, 15) is 9.59 Å². The second-order valence-electron chi connectivity index (χ2n) is 4.90. The van der Waals surface area contributed by atoms with E-state index >= 15 is 0 Å². The quantitative estimate of drug-likeness (QED) is 0.880. The maximum Gasteiger partial charge on any atom is 0.235 e. The number of nitrogens with one attached hydrogen (secondary N) is 1. The molecule has 1 saturated heterocycles. The minimum atomic E-state index is -0.622. The van der Waals surface area contributed by atoms with Crippen LogP contribution in [0.2, 0.25) is 0 Å². The second-order valence-corrected chi connectivity index (χ2v) is 4.90. The summed E-state index contributed by atoms with van der Waals surface area (Å²) in [4.78, 5) is 25.6. The summed E-state index contributed by atoms with van der Waals surface area (Å²) in [5.41, 5.74) is 0.258. The molecule has 1 atom stereocenters. The third kappa shape index (κ3) is 2.23. The number of hydrogen-bond donors (Lipinski definition) is 1. The van der Waals surface area contributed by atoms with Gasteiger partial charge in [0.1, 0.15) is 0 Å². The Hall–Kier alpha value is -1.84. The molecule has 1 aliphatic heterocycles. The number of para-hydroxylation sites is 1. The van der Waals surface area contributed by atoms with Gasteiger partial charge in [0.25, 0.3) is 0 Å². The summed E-state index contributed by atoms with van der Waals surface area (Å²) in [6.07, 6.45) is 0.273. The lowest BCUT2D eigenvalue weighted by atomic mass is 9.87. The van der Waals surface area contributed by atoms with Crippen LogP contribution in [-0.4, -0.2) is 24.9 Å². The first-order valence-corrected chi connectivity index (χ1v) is 6.20. The fraction of sp³-hybridized carbons (Fsp3) is 0.429. The molecule has 96 valence electrons. The Morgan fingerprint density at radius 2 is 2.06 bits per heavy atom. The van der Waals surface area contributed by atoms with Crippen LogP contribution < -0.4 is 10.2 Å². The number of nitrogens with zero attached hydrogens (tertiary/aromatic N) is 1. The lowest BCUT2D eigenvalue weighted by Crippen LogP contribution is -2.43. The molecule has 0 spiro atoms. The van der Waals surface area contributed by atoms with Crippen molar-refractivity contribution in [2.24, 2.45) is 5.41 Å². The highest BCUT2D eigenvalue weighted by atomic mass is 16.2. The zero-order valence-electron chi connectivity index (χ0n) is 10.8. The first-order chi connectivity index (χ1) is 8.57. The van der Waals surface area contributed by atoms with Gasteiger partial charge in [0.2, 0.25) is 11.8 Å². The average molecular weight is 246 g/mol. The van der Waals surface area contributed by atoms with Crippen LogP contribution in [-0.2, 0) is 9.59 Å². The number of carbonyl (C=O) groups excluding carboxylic acids is 2. The van der Waals surface area contributed by atoms with E-state index in [2.05, 4.69) is 5.32 Å². The molecule has 2 amide bonds. The summed E-state index contributed by atoms with van der Waals surface area (Å²) in [7, 11) is 0. The van der Waals surface area contributed by atoms with Crippen molar-refractivity contribution < 1.29 is 9.59 Å². The highest BCUT2D eigenvalue weighted by Gasteiger charge is 2.43. The van der Waals surface area contributed by atoms with Crippen molar-refractivity contribution in [1.82, 2.24) is 5.32 Å². The Balaban J connectivity index is 2.24. The first-order valence-electron chi connectivity index (χ1n) is 6.20. The van der Waals surface area contributed by atoms with Crippen LogP contribution in [0.5, 0.6) is 0 Å². The van der Waals surface area contributed by atoms with Gasteiger partial charge in [0.05, 0.1) is 5.41 Å². The monoisotopic (exact) mass is 246 g/mol. The smallest absolute Gasteiger partial charge is 0.235 e. The summed E-state index contributed by atoms with van der Waals surface area (Å²) in [5.74, 6) is -0.0375. The van der Waals surface area contributed by atoms with Crippen LogP contribution in [0.15, 0.2) is 30.3 Å². The highest BCUT2D eigenvalue weighted by molar-refractivity contribution is 6.01. The van der Waals surface area contributed by atoms with Gasteiger partial charge in [-0.2, -0.15) is 0 Å². The molecular formula is C14H18N2O2. The number of hydrogen-bond acceptors (Lipinski definition) is 2. The number of rotatable bonds is 3. The molecule has 0 aliphatic carbocycles. The lowest BCUT2D eigenvalue weighted by Gasteiger charge is -2.29. The molecule has 1 fully saturated rings. The predicted molar refractivity (Wildman–Crippen MR) is 70.2 cm³/mol. The largest absolute Gasteiger partial charge is 0.355 e. The van der Waals surface area contributed by atoms with Crippen molar-refractivity contribution in [3.63, 3.8) is 0 Å². The Morgan fingerprint density at radius 3 is 2.56 bits per heavy atom. The molecule has 2 rings (SSSR count). The summed E-state index contributed by atoms with van der Waals surface area (Å²) < 4.78 is 0. The molecule has 0 bridgehead atoms. The highest BCUT2D eigenvalue weighted by Crippen LogP contribution is 2.30. The van der Waals surface area contributed by atoms with E-state index in [0.717, 1.165) is 5.69 Å². The van der Waals surface area contributed by atoms with E-state index in [1.165, 1.54) is 0 Å². The van der Waals surface area contributed by atoms with Crippen molar-refractivity contribution in [2.75, 3.05) is 18.0 Å². The summed E-state index contributed by atoms with van der Waals surface area (Å²) in [5, 5.41) is 2.74. The molecule has 1 heterocycles. The first kappa shape index (κ1) is 12.6. The molecule has 18 heavy (non-hydrogen) atoms. The van der Waals surface area contributed by atoms with Crippen LogP contribution in [0.25, 0.3) is 0 Å². The fourth-order valence-electron chi connectivity index (χ4n) is 2.30. The molecule has 0 radical (unpaired) electrons. The van der Waals surface area contributed by atoms with Gasteiger partial charge in [-0.3, -0.25) is 9.59 Å². The third-order valence-electron chi connectivity index (χ3n) is 3.37. The maximum absolute atomic E-state index is 12.6. The number of benzene rings is 1. The van der Waals surface area contributed by atoms with Crippen molar-refractivity contribution in [3.05, 3.63) is 30.3 Å². The molecule has 1 aromatic rings. The van der Waals surface area contributed by atoms with Gasteiger partial charge in [-0.15, -0.1) is 0 Å². The number of carbonyl (C=O) groups is 2. The van der Waals surface area contributed by atoms with Gasteiger partial charge < -0.3 is 10.2 Å². The Kier molecular flexibility index (Phi) is 3.36. The van der Waals surface area contributed by atoms with Gasteiger partial charge >= 0.3 is 0 Å². The van der Waals surface area contributed by atoms with Crippen LogP contribution in [0.1, 0.15) is 20.3 Å². The van der Waals surface area contributed by atoms with E-state index < -0.39 is 5.41 Å². The Labute approximate surface area is 107 Å². The van der Waals surface area contributed by atoms with Crippen molar-refractivity contribution in [1.29, 1.82) is 0 Å². The molecule has 1 unspecified atom stereocenters. The minimum absolute atomic E-state index is 0.00884. The zero-order chi connectivity index (χ0) is 13.2. The standard InChI is InChI=1S/C14H18N2O2/c1-3-16(11-7-5-4-6-8-11)13(18)14(2)9-12(17)15-10-14/h4-8H,3,9-10H2,1-2H3,(H,15,17). The van der Waals surface area contributed by atoms with E-state index in [-0.39, 0.29) is 18.2 Å². The van der Waals surface area contributed by atoms with Gasteiger partial charge in [-0.05, 0) is 26.0 Å². The van der Waals surface area contributed by atoms with E-state index in [4.69, 9.17) is 0 Å². The average Bonchev–Trinajstić information content (AvgIpc) is 2.73. The lowest BCUT2D eigenvalue weighted by molar-refractivity contribution is -0.128. The molecule has 0 saturated carbocycles. The topological polar surface area (TPSA) is 49.4 Å². The van der Waals surface area contributed by atoms with Gasteiger partial charge in [0.15, 0.2) is 0 Å². The second kappa shape index (κ2) is 4.80. The predicted octanol–water partition coefficient (Wildman–Crippen LogP) is 1.57. The summed E-state index contributed by atoms with van der Waals surface area (Å²) >= 11 is 0. The van der Waals surface area contributed by atoms with Crippen LogP contribution in [0.3, 0.4) is 0 Å². The zero-order valence-corrected chi connectivity index (χ0v) is 10.8. The maximum atomic E-state index is 12.6. The molecule has 1 aliphatic rings.